The number of fused-ring (bicyclic) bond motifs is 4. The SMILES string of the molecule is CC(C)n1cc(-c2ccc(Oc3cccc4c3C(=O)c3ccccc3-4)cc2)c2c(N)ncnc21. The number of ether oxygens (including phenoxy) is 1. The molecule has 0 saturated carbocycles. The normalized spacial score (nSPS) is 12.3. The quantitative estimate of drug-likeness (QED) is 0.345. The summed E-state index contributed by atoms with van der Waals surface area (Å²) >= 11 is 0. The molecule has 1 aliphatic rings. The van der Waals surface area contributed by atoms with Crippen molar-refractivity contribution in [3.8, 4) is 33.8 Å². The number of hydrogen-bond donors (Lipinski definition) is 1. The van der Waals surface area contributed by atoms with Gasteiger partial charge in [-0.25, -0.2) is 9.97 Å². The van der Waals surface area contributed by atoms with Gasteiger partial charge in [0.25, 0.3) is 0 Å². The second-order valence-corrected chi connectivity index (χ2v) is 8.68. The van der Waals surface area contributed by atoms with Gasteiger partial charge in [-0.05, 0) is 48.7 Å². The zero-order valence-corrected chi connectivity index (χ0v) is 18.8. The van der Waals surface area contributed by atoms with Crippen LogP contribution in [0.5, 0.6) is 11.5 Å². The maximum atomic E-state index is 13.0. The lowest BCUT2D eigenvalue weighted by Crippen LogP contribution is -2.00. The molecule has 0 bridgehead atoms. The third kappa shape index (κ3) is 2.99. The van der Waals surface area contributed by atoms with Gasteiger partial charge in [0.1, 0.15) is 29.3 Å². The van der Waals surface area contributed by atoms with Gasteiger partial charge in [0.2, 0.25) is 0 Å². The molecule has 0 atom stereocenters. The maximum Gasteiger partial charge on any atom is 0.198 e. The largest absolute Gasteiger partial charge is 0.457 e. The summed E-state index contributed by atoms with van der Waals surface area (Å²) in [6, 6.07) is 21.4. The molecule has 2 heterocycles. The molecule has 34 heavy (non-hydrogen) atoms. The summed E-state index contributed by atoms with van der Waals surface area (Å²) in [5.74, 6) is 1.66. The predicted octanol–water partition coefficient (Wildman–Crippen LogP) is 6.27. The molecule has 0 saturated heterocycles. The first-order chi connectivity index (χ1) is 16.5. The summed E-state index contributed by atoms with van der Waals surface area (Å²) in [7, 11) is 0. The van der Waals surface area contributed by atoms with E-state index in [1.54, 1.807) is 0 Å². The number of rotatable bonds is 4. The summed E-state index contributed by atoms with van der Waals surface area (Å²) < 4.78 is 8.29. The number of nitrogens with two attached hydrogens (primary N) is 1. The van der Waals surface area contributed by atoms with Crippen molar-refractivity contribution in [3.05, 3.63) is 90.4 Å². The zero-order chi connectivity index (χ0) is 23.4. The second-order valence-electron chi connectivity index (χ2n) is 8.68. The van der Waals surface area contributed by atoms with E-state index in [0.717, 1.165) is 33.3 Å². The van der Waals surface area contributed by atoms with Gasteiger partial charge in [0.15, 0.2) is 5.78 Å². The Balaban J connectivity index is 1.37. The molecule has 6 nitrogen and oxygen atoms in total. The van der Waals surface area contributed by atoms with E-state index in [-0.39, 0.29) is 11.8 Å². The van der Waals surface area contributed by atoms with Gasteiger partial charge in [-0.3, -0.25) is 4.79 Å². The van der Waals surface area contributed by atoms with Gasteiger partial charge in [-0.15, -0.1) is 0 Å². The van der Waals surface area contributed by atoms with Crippen molar-refractivity contribution in [2.75, 3.05) is 5.73 Å². The van der Waals surface area contributed by atoms with Crippen LogP contribution in [-0.4, -0.2) is 20.3 Å². The summed E-state index contributed by atoms with van der Waals surface area (Å²) in [5.41, 5.74) is 12.2. The standard InChI is InChI=1S/C28H22N4O2/c1-16(2)32-14-22(25-27(29)30-15-31-28(25)32)17-10-12-18(13-11-17)34-23-9-5-8-20-19-6-3-4-7-21(19)26(33)24(20)23/h3-16H,1-2H3,(H2,29,30,31). The van der Waals surface area contributed by atoms with Crippen LogP contribution < -0.4 is 10.5 Å². The van der Waals surface area contributed by atoms with E-state index >= 15 is 0 Å². The van der Waals surface area contributed by atoms with Crippen molar-refractivity contribution in [1.82, 2.24) is 14.5 Å². The lowest BCUT2D eigenvalue weighted by molar-refractivity contribution is 0.104. The van der Waals surface area contributed by atoms with Crippen LogP contribution in [0.2, 0.25) is 0 Å². The molecule has 0 fully saturated rings. The molecule has 0 unspecified atom stereocenters. The minimum Gasteiger partial charge on any atom is -0.457 e. The van der Waals surface area contributed by atoms with Crippen LogP contribution in [0.3, 0.4) is 0 Å². The fraction of sp³-hybridized carbons (Fsp3) is 0.107. The van der Waals surface area contributed by atoms with Crippen LogP contribution in [-0.2, 0) is 0 Å². The third-order valence-electron chi connectivity index (χ3n) is 6.30. The van der Waals surface area contributed by atoms with E-state index in [1.165, 1.54) is 6.33 Å². The number of hydrogen-bond acceptors (Lipinski definition) is 5. The molecular formula is C28H22N4O2. The average Bonchev–Trinajstić information content (AvgIpc) is 3.38. The summed E-state index contributed by atoms with van der Waals surface area (Å²) in [5, 5.41) is 0.842. The number of nitrogens with zero attached hydrogens (tertiary/aromatic N) is 3. The number of carbonyl (C=O) groups is 1. The first kappa shape index (κ1) is 20.2. The van der Waals surface area contributed by atoms with Crippen LogP contribution in [0.25, 0.3) is 33.3 Å². The van der Waals surface area contributed by atoms with Crippen molar-refractivity contribution in [2.45, 2.75) is 19.9 Å². The highest BCUT2D eigenvalue weighted by molar-refractivity contribution is 6.23. The molecule has 1 aliphatic carbocycles. The Morgan fingerprint density at radius 2 is 1.59 bits per heavy atom. The van der Waals surface area contributed by atoms with Crippen molar-refractivity contribution in [3.63, 3.8) is 0 Å². The van der Waals surface area contributed by atoms with E-state index in [4.69, 9.17) is 10.5 Å². The van der Waals surface area contributed by atoms with E-state index in [9.17, 15) is 4.79 Å². The van der Waals surface area contributed by atoms with E-state index in [2.05, 4.69) is 34.6 Å². The summed E-state index contributed by atoms with van der Waals surface area (Å²) in [6.45, 7) is 4.21. The minimum atomic E-state index is -0.00482. The van der Waals surface area contributed by atoms with Gasteiger partial charge in [-0.2, -0.15) is 0 Å². The third-order valence-corrected chi connectivity index (χ3v) is 6.30. The highest BCUT2D eigenvalue weighted by atomic mass is 16.5. The Hall–Kier alpha value is -4.45. The van der Waals surface area contributed by atoms with Gasteiger partial charge in [-0.1, -0.05) is 48.5 Å². The van der Waals surface area contributed by atoms with Crippen molar-refractivity contribution < 1.29 is 9.53 Å². The number of aromatic nitrogens is 3. The molecule has 2 aromatic heterocycles. The van der Waals surface area contributed by atoms with Gasteiger partial charge < -0.3 is 15.0 Å². The number of nitrogen functional groups attached to an aromatic ring is 1. The molecule has 0 radical (unpaired) electrons. The van der Waals surface area contributed by atoms with Crippen LogP contribution in [0.15, 0.2) is 79.3 Å². The fourth-order valence-electron chi connectivity index (χ4n) is 4.68. The molecule has 6 rings (SSSR count). The summed E-state index contributed by atoms with van der Waals surface area (Å²) in [4.78, 5) is 21.7. The number of ketones is 1. The monoisotopic (exact) mass is 446 g/mol. The van der Waals surface area contributed by atoms with Crippen molar-refractivity contribution in [1.29, 1.82) is 0 Å². The zero-order valence-electron chi connectivity index (χ0n) is 18.8. The second kappa shape index (κ2) is 7.56. The topological polar surface area (TPSA) is 83.0 Å². The maximum absolute atomic E-state index is 13.0. The number of carbonyl (C=O) groups excluding carboxylic acids is 1. The fourth-order valence-corrected chi connectivity index (χ4v) is 4.68. The molecule has 0 spiro atoms. The molecule has 3 aromatic carbocycles. The number of anilines is 1. The van der Waals surface area contributed by atoms with Gasteiger partial charge >= 0.3 is 0 Å². The average molecular weight is 447 g/mol. The van der Waals surface area contributed by atoms with E-state index < -0.39 is 0 Å². The number of benzene rings is 3. The minimum absolute atomic E-state index is 0.00482. The van der Waals surface area contributed by atoms with Crippen LogP contribution in [0, 0.1) is 0 Å². The predicted molar refractivity (Wildman–Crippen MR) is 133 cm³/mol. The first-order valence-corrected chi connectivity index (χ1v) is 11.2. The molecule has 5 aromatic rings. The Labute approximate surface area is 196 Å². The Morgan fingerprint density at radius 1 is 0.853 bits per heavy atom. The molecule has 2 N–H and O–H groups in total. The van der Waals surface area contributed by atoms with E-state index in [1.807, 2.05) is 66.7 Å². The van der Waals surface area contributed by atoms with Crippen LogP contribution in [0.4, 0.5) is 5.82 Å². The lowest BCUT2D eigenvalue weighted by Gasteiger charge is -2.10. The molecule has 0 amide bonds. The Bertz CT molecular complexity index is 1580. The summed E-state index contributed by atoms with van der Waals surface area (Å²) in [6.07, 6.45) is 3.56. The van der Waals surface area contributed by atoms with Crippen LogP contribution in [0.1, 0.15) is 35.8 Å². The van der Waals surface area contributed by atoms with Crippen molar-refractivity contribution in [2.24, 2.45) is 0 Å². The molecular weight excluding hydrogens is 424 g/mol. The van der Waals surface area contributed by atoms with Gasteiger partial charge in [0.05, 0.1) is 10.9 Å². The first-order valence-electron chi connectivity index (χ1n) is 11.2. The molecule has 6 heteroatoms. The Kier molecular flexibility index (Phi) is 4.48. The highest BCUT2D eigenvalue weighted by Gasteiger charge is 2.29. The van der Waals surface area contributed by atoms with Crippen molar-refractivity contribution >= 4 is 22.6 Å². The Morgan fingerprint density at radius 3 is 2.35 bits per heavy atom. The lowest BCUT2D eigenvalue weighted by atomic mass is 10.1. The highest BCUT2D eigenvalue weighted by Crippen LogP contribution is 2.42. The molecule has 0 aliphatic heterocycles. The smallest absolute Gasteiger partial charge is 0.198 e. The van der Waals surface area contributed by atoms with Crippen LogP contribution >= 0.6 is 0 Å². The van der Waals surface area contributed by atoms with Gasteiger partial charge in [0, 0.05) is 23.4 Å². The molecule has 166 valence electrons. The van der Waals surface area contributed by atoms with E-state index in [0.29, 0.717) is 28.4 Å².